The molecule has 2 aromatic rings. The van der Waals surface area contributed by atoms with Gasteiger partial charge in [0.05, 0.1) is 12.1 Å². The Balaban J connectivity index is 1.93. The van der Waals surface area contributed by atoms with Crippen molar-refractivity contribution in [3.8, 4) is 0 Å². The van der Waals surface area contributed by atoms with Crippen molar-refractivity contribution >= 4 is 11.8 Å². The second-order valence-corrected chi connectivity index (χ2v) is 6.62. The Bertz CT molecular complexity index is 874. The Hall–Kier alpha value is -2.89. The van der Waals surface area contributed by atoms with Crippen LogP contribution in [0.2, 0.25) is 0 Å². The van der Waals surface area contributed by atoms with E-state index in [0.29, 0.717) is 18.0 Å². The van der Waals surface area contributed by atoms with Crippen LogP contribution >= 0.6 is 0 Å². The van der Waals surface area contributed by atoms with Gasteiger partial charge in [-0.3, -0.25) is 14.4 Å². The van der Waals surface area contributed by atoms with Crippen molar-refractivity contribution in [2.24, 2.45) is 5.92 Å². The minimum Gasteiger partial charge on any atom is -0.355 e. The first-order chi connectivity index (χ1) is 12.5. The monoisotopic (exact) mass is 353 g/mol. The highest BCUT2D eigenvalue weighted by Gasteiger charge is 2.36. The molecule has 2 atom stereocenters. The summed E-state index contributed by atoms with van der Waals surface area (Å²) in [7, 11) is 1.46. The number of hydrogen-bond acceptors (Lipinski definition) is 3. The van der Waals surface area contributed by atoms with Crippen molar-refractivity contribution in [2.45, 2.75) is 32.4 Å². The number of pyridine rings is 1. The van der Waals surface area contributed by atoms with Crippen LogP contribution in [0.5, 0.6) is 0 Å². The predicted molar refractivity (Wildman–Crippen MR) is 99.3 cm³/mol. The molecule has 26 heavy (non-hydrogen) atoms. The summed E-state index contributed by atoms with van der Waals surface area (Å²) in [5.74, 6) is -0.227. The molecule has 0 bridgehead atoms. The number of carbonyl (C=O) groups is 2. The van der Waals surface area contributed by atoms with Gasteiger partial charge in [0.1, 0.15) is 5.56 Å². The number of carbonyl (C=O) groups excluding carboxylic acids is 2. The molecule has 6 nitrogen and oxygen atoms in total. The number of aromatic nitrogens is 1. The number of hydrogen-bond donors (Lipinski definition) is 2. The van der Waals surface area contributed by atoms with Gasteiger partial charge in [0.25, 0.3) is 17.4 Å². The van der Waals surface area contributed by atoms with E-state index in [2.05, 4.69) is 17.6 Å². The predicted octanol–water partition coefficient (Wildman–Crippen LogP) is 1.78. The molecule has 1 heterocycles. The number of benzene rings is 1. The second kappa shape index (κ2) is 7.56. The van der Waals surface area contributed by atoms with Crippen LogP contribution in [-0.4, -0.2) is 29.5 Å². The molecule has 6 heteroatoms. The lowest BCUT2D eigenvalue weighted by Crippen LogP contribution is -2.34. The molecule has 1 saturated carbocycles. The third-order valence-electron chi connectivity index (χ3n) is 4.78. The molecule has 0 spiro atoms. The summed E-state index contributed by atoms with van der Waals surface area (Å²) in [5.41, 5.74) is 0.797. The average molecular weight is 353 g/mol. The summed E-state index contributed by atoms with van der Waals surface area (Å²) in [5, 5.41) is 5.44. The largest absolute Gasteiger partial charge is 0.355 e. The molecule has 2 amide bonds. The van der Waals surface area contributed by atoms with E-state index in [-0.39, 0.29) is 17.5 Å². The van der Waals surface area contributed by atoms with E-state index in [1.807, 2.05) is 30.3 Å². The van der Waals surface area contributed by atoms with Crippen molar-refractivity contribution in [1.82, 2.24) is 15.2 Å². The third kappa shape index (κ3) is 3.85. The summed E-state index contributed by atoms with van der Waals surface area (Å²) in [4.78, 5) is 37.3. The zero-order valence-electron chi connectivity index (χ0n) is 15.0. The lowest BCUT2D eigenvalue weighted by atomic mass is 10.1. The van der Waals surface area contributed by atoms with Gasteiger partial charge in [0.15, 0.2) is 0 Å². The normalized spacial score (nSPS) is 18.2. The Labute approximate surface area is 152 Å². The van der Waals surface area contributed by atoms with Gasteiger partial charge in [-0.25, -0.2) is 0 Å². The minimum atomic E-state index is -0.496. The molecule has 0 unspecified atom stereocenters. The molecule has 1 fully saturated rings. The molecule has 1 aromatic carbocycles. The van der Waals surface area contributed by atoms with E-state index >= 15 is 0 Å². The van der Waals surface area contributed by atoms with E-state index in [4.69, 9.17) is 0 Å². The van der Waals surface area contributed by atoms with Crippen LogP contribution in [-0.2, 0) is 6.54 Å². The summed E-state index contributed by atoms with van der Waals surface area (Å²) < 4.78 is 1.42. The first-order valence-corrected chi connectivity index (χ1v) is 8.84. The van der Waals surface area contributed by atoms with Gasteiger partial charge in [-0.1, -0.05) is 43.7 Å². The van der Waals surface area contributed by atoms with E-state index in [9.17, 15) is 14.4 Å². The van der Waals surface area contributed by atoms with E-state index < -0.39 is 11.5 Å². The molecule has 3 rings (SSSR count). The maximum atomic E-state index is 12.7. The fraction of sp³-hybridized carbons (Fsp3) is 0.350. The summed E-state index contributed by atoms with van der Waals surface area (Å²) in [6.45, 7) is 2.40. The van der Waals surface area contributed by atoms with Crippen LogP contribution in [0.15, 0.2) is 47.4 Å². The summed E-state index contributed by atoms with van der Waals surface area (Å²) >= 11 is 0. The van der Waals surface area contributed by atoms with Gasteiger partial charge >= 0.3 is 0 Å². The molecule has 1 aliphatic carbocycles. The molecule has 0 saturated heterocycles. The van der Waals surface area contributed by atoms with Gasteiger partial charge in [-0.2, -0.15) is 0 Å². The van der Waals surface area contributed by atoms with E-state index in [0.717, 1.165) is 18.4 Å². The quantitative estimate of drug-likeness (QED) is 0.831. The van der Waals surface area contributed by atoms with Gasteiger partial charge in [0, 0.05) is 19.3 Å². The number of nitrogens with one attached hydrogen (secondary N) is 2. The van der Waals surface area contributed by atoms with Gasteiger partial charge < -0.3 is 15.2 Å². The maximum absolute atomic E-state index is 12.7. The lowest BCUT2D eigenvalue weighted by Gasteiger charge is -2.12. The Kier molecular flexibility index (Phi) is 5.21. The SMILES string of the molecule is CC[C@H]1C[C@@H]1NC(=O)c1cc(C(=O)NC)c(=O)n(Cc2ccccc2)c1. The zero-order valence-corrected chi connectivity index (χ0v) is 15.0. The fourth-order valence-corrected chi connectivity index (χ4v) is 3.08. The van der Waals surface area contributed by atoms with Crippen molar-refractivity contribution in [3.63, 3.8) is 0 Å². The van der Waals surface area contributed by atoms with Crippen LogP contribution in [0.3, 0.4) is 0 Å². The summed E-state index contributed by atoms with van der Waals surface area (Å²) in [6, 6.07) is 11.0. The van der Waals surface area contributed by atoms with Crippen molar-refractivity contribution in [1.29, 1.82) is 0 Å². The molecular weight excluding hydrogens is 330 g/mol. The van der Waals surface area contributed by atoms with Crippen LogP contribution in [0, 0.1) is 5.92 Å². The highest BCUT2D eigenvalue weighted by Crippen LogP contribution is 2.33. The number of nitrogens with zero attached hydrogens (tertiary/aromatic N) is 1. The second-order valence-electron chi connectivity index (χ2n) is 6.62. The fourth-order valence-electron chi connectivity index (χ4n) is 3.08. The van der Waals surface area contributed by atoms with E-state index in [1.54, 1.807) is 0 Å². The highest BCUT2D eigenvalue weighted by molar-refractivity contribution is 5.99. The van der Waals surface area contributed by atoms with Crippen LogP contribution in [0.25, 0.3) is 0 Å². The molecule has 0 radical (unpaired) electrons. The van der Waals surface area contributed by atoms with Crippen molar-refractivity contribution < 1.29 is 9.59 Å². The highest BCUT2D eigenvalue weighted by atomic mass is 16.2. The van der Waals surface area contributed by atoms with Crippen molar-refractivity contribution in [2.75, 3.05) is 7.05 Å². The average Bonchev–Trinajstić information content (AvgIpc) is 3.41. The first kappa shape index (κ1) is 17.9. The van der Waals surface area contributed by atoms with Gasteiger partial charge in [0.2, 0.25) is 0 Å². The number of rotatable bonds is 6. The lowest BCUT2D eigenvalue weighted by molar-refractivity contribution is 0.0948. The smallest absolute Gasteiger partial charge is 0.263 e. The summed E-state index contributed by atoms with van der Waals surface area (Å²) in [6.07, 6.45) is 3.54. The molecule has 1 aromatic heterocycles. The Morgan fingerprint density at radius 1 is 1.19 bits per heavy atom. The third-order valence-corrected chi connectivity index (χ3v) is 4.78. The molecule has 0 aliphatic heterocycles. The Morgan fingerprint density at radius 3 is 2.54 bits per heavy atom. The minimum absolute atomic E-state index is 0.0288. The van der Waals surface area contributed by atoms with Gasteiger partial charge in [-0.15, -0.1) is 0 Å². The standard InChI is InChI=1S/C20H23N3O3/c1-3-14-10-17(14)22-18(24)15-9-16(19(25)21-2)20(26)23(12-15)11-13-7-5-4-6-8-13/h4-9,12,14,17H,3,10-11H2,1-2H3,(H,21,25)(H,22,24)/t14-,17-/m0/s1. The molecule has 2 N–H and O–H groups in total. The maximum Gasteiger partial charge on any atom is 0.263 e. The molecule has 136 valence electrons. The topological polar surface area (TPSA) is 80.2 Å². The first-order valence-electron chi connectivity index (χ1n) is 8.84. The number of amides is 2. The van der Waals surface area contributed by atoms with Crippen LogP contribution < -0.4 is 16.2 Å². The van der Waals surface area contributed by atoms with Gasteiger partial charge in [-0.05, 0) is 24.0 Å². The van der Waals surface area contributed by atoms with Crippen molar-refractivity contribution in [3.05, 3.63) is 69.6 Å². The molecule has 1 aliphatic rings. The van der Waals surface area contributed by atoms with Crippen LogP contribution in [0.4, 0.5) is 0 Å². The zero-order chi connectivity index (χ0) is 18.7. The Morgan fingerprint density at radius 2 is 1.92 bits per heavy atom. The van der Waals surface area contributed by atoms with E-state index in [1.165, 1.54) is 23.9 Å². The van der Waals surface area contributed by atoms with Crippen LogP contribution in [0.1, 0.15) is 46.0 Å². The molecular formula is C20H23N3O3.